The molecule has 1 aliphatic rings. The number of aromatic nitrogens is 1. The van der Waals surface area contributed by atoms with Crippen LogP contribution in [0.15, 0.2) is 28.0 Å². The van der Waals surface area contributed by atoms with Gasteiger partial charge in [0, 0.05) is 0 Å². The van der Waals surface area contributed by atoms with Crippen molar-refractivity contribution in [2.75, 3.05) is 6.61 Å². The summed E-state index contributed by atoms with van der Waals surface area (Å²) in [4.78, 5) is 16.1. The van der Waals surface area contributed by atoms with Gasteiger partial charge in [-0.25, -0.2) is 0 Å². The Bertz CT molecular complexity index is 666. The van der Waals surface area contributed by atoms with Crippen LogP contribution < -0.4 is 5.56 Å². The van der Waals surface area contributed by atoms with Crippen molar-refractivity contribution in [2.24, 2.45) is 4.99 Å². The molecule has 5 heteroatoms. The second-order valence-electron chi connectivity index (χ2n) is 4.73. The maximum atomic E-state index is 11.6. The third-order valence-corrected chi connectivity index (χ3v) is 4.66. The topological polar surface area (TPSA) is 54.5 Å². The average Bonchev–Trinajstić information content (AvgIpc) is 2.83. The van der Waals surface area contributed by atoms with E-state index in [0.717, 1.165) is 15.2 Å². The van der Waals surface area contributed by atoms with Crippen LogP contribution in [0.3, 0.4) is 0 Å². The Morgan fingerprint density at radius 3 is 3.00 bits per heavy atom. The number of rotatable bonds is 1. The molecule has 0 saturated carbocycles. The summed E-state index contributed by atoms with van der Waals surface area (Å²) >= 11 is -0.0123. The van der Waals surface area contributed by atoms with Crippen molar-refractivity contribution < 1.29 is 4.74 Å². The summed E-state index contributed by atoms with van der Waals surface area (Å²) < 4.78 is 9.58. The summed E-state index contributed by atoms with van der Waals surface area (Å²) in [5.41, 5.74) is 0.812. The molecule has 0 bridgehead atoms. The van der Waals surface area contributed by atoms with Crippen LogP contribution in [0.4, 0.5) is 0 Å². The van der Waals surface area contributed by atoms with Crippen LogP contribution in [0.1, 0.15) is 19.4 Å². The van der Waals surface area contributed by atoms with E-state index in [1.807, 2.05) is 32.0 Å². The number of aliphatic imine (C=N–C) groups is 1. The van der Waals surface area contributed by atoms with E-state index < -0.39 is 0 Å². The predicted molar refractivity (Wildman–Crippen MR) is 68.1 cm³/mol. The van der Waals surface area contributed by atoms with Gasteiger partial charge in [0.2, 0.25) is 0 Å². The molecule has 17 heavy (non-hydrogen) atoms. The first-order valence-corrected chi connectivity index (χ1v) is 7.11. The molecule has 0 amide bonds. The number of aromatic amines is 1. The van der Waals surface area contributed by atoms with Gasteiger partial charge in [-0.05, 0) is 0 Å². The van der Waals surface area contributed by atoms with E-state index in [1.54, 1.807) is 0 Å². The Morgan fingerprint density at radius 1 is 1.47 bits per heavy atom. The molecule has 0 atom stereocenters. The summed E-state index contributed by atoms with van der Waals surface area (Å²) in [6, 6.07) is 5.71. The standard InChI is InChI=1S/C12H12N2O2Se/c1-12(2)6-16-11(13-12)8-5-3-4-7-9(8)17-14-10(7)15/h3-5H,6H2,1-2H3,(H,14,15). The minimum atomic E-state index is -0.166. The summed E-state index contributed by atoms with van der Waals surface area (Å²) in [6.07, 6.45) is 0. The van der Waals surface area contributed by atoms with Crippen LogP contribution in [-0.4, -0.2) is 36.8 Å². The zero-order valence-electron chi connectivity index (χ0n) is 9.61. The van der Waals surface area contributed by atoms with Gasteiger partial charge in [0.05, 0.1) is 0 Å². The van der Waals surface area contributed by atoms with Gasteiger partial charge in [-0.3, -0.25) is 0 Å². The molecule has 0 saturated heterocycles. The van der Waals surface area contributed by atoms with Crippen molar-refractivity contribution in [1.29, 1.82) is 0 Å². The van der Waals surface area contributed by atoms with Crippen molar-refractivity contribution in [3.63, 3.8) is 0 Å². The summed E-state index contributed by atoms with van der Waals surface area (Å²) in [7, 11) is 0. The van der Waals surface area contributed by atoms with Crippen molar-refractivity contribution in [1.82, 2.24) is 3.98 Å². The van der Waals surface area contributed by atoms with E-state index >= 15 is 0 Å². The first-order chi connectivity index (χ1) is 8.07. The van der Waals surface area contributed by atoms with Crippen molar-refractivity contribution in [3.05, 3.63) is 34.1 Å². The predicted octanol–water partition coefficient (Wildman–Crippen LogP) is 1.14. The molecule has 4 nitrogen and oxygen atoms in total. The molecule has 2 heterocycles. The van der Waals surface area contributed by atoms with Crippen LogP contribution >= 0.6 is 0 Å². The number of hydrogen-bond acceptors (Lipinski definition) is 3. The molecule has 0 radical (unpaired) electrons. The van der Waals surface area contributed by atoms with E-state index in [2.05, 4.69) is 8.97 Å². The number of hydrogen-bond donors (Lipinski definition) is 1. The molecule has 1 aromatic carbocycles. The van der Waals surface area contributed by atoms with E-state index in [0.29, 0.717) is 12.5 Å². The molecule has 88 valence electrons. The van der Waals surface area contributed by atoms with Crippen LogP contribution in [0, 0.1) is 0 Å². The first-order valence-electron chi connectivity index (χ1n) is 5.40. The molecule has 1 N–H and O–H groups in total. The van der Waals surface area contributed by atoms with Crippen LogP contribution in [0.5, 0.6) is 0 Å². The fourth-order valence-electron chi connectivity index (χ4n) is 1.87. The number of benzene rings is 1. The van der Waals surface area contributed by atoms with E-state index in [1.165, 1.54) is 0 Å². The Hall–Kier alpha value is -1.32. The second-order valence-corrected chi connectivity index (χ2v) is 6.45. The Kier molecular flexibility index (Phi) is 2.28. The Balaban J connectivity index is 2.22. The van der Waals surface area contributed by atoms with Crippen LogP contribution in [0.25, 0.3) is 9.65 Å². The van der Waals surface area contributed by atoms with Gasteiger partial charge >= 0.3 is 104 Å². The molecule has 0 aliphatic carbocycles. The minimum absolute atomic E-state index is 0.0123. The third-order valence-electron chi connectivity index (χ3n) is 2.70. The van der Waals surface area contributed by atoms with E-state index in [4.69, 9.17) is 4.74 Å². The number of nitrogens with zero attached hydrogens (tertiary/aromatic N) is 1. The zero-order chi connectivity index (χ0) is 12.0. The molecular weight excluding hydrogens is 283 g/mol. The SMILES string of the molecule is CC1(C)COC(c2cccc3c(=O)[nH][se]c23)=N1. The van der Waals surface area contributed by atoms with Gasteiger partial charge in [0.1, 0.15) is 0 Å². The molecular formula is C12H12N2O2Se. The molecule has 0 unspecified atom stereocenters. The van der Waals surface area contributed by atoms with Gasteiger partial charge in [0.15, 0.2) is 0 Å². The van der Waals surface area contributed by atoms with E-state index in [9.17, 15) is 4.79 Å². The van der Waals surface area contributed by atoms with Gasteiger partial charge in [-0.2, -0.15) is 0 Å². The van der Waals surface area contributed by atoms with Crippen LogP contribution in [0.2, 0.25) is 0 Å². The Morgan fingerprint density at radius 2 is 2.29 bits per heavy atom. The van der Waals surface area contributed by atoms with Crippen molar-refractivity contribution >= 4 is 30.3 Å². The van der Waals surface area contributed by atoms with E-state index in [-0.39, 0.29) is 25.8 Å². The summed E-state index contributed by atoms with van der Waals surface area (Å²) in [6.45, 7) is 4.68. The third kappa shape index (κ3) is 1.75. The normalized spacial score (nSPS) is 18.1. The molecule has 2 aromatic rings. The average molecular weight is 295 g/mol. The van der Waals surface area contributed by atoms with Crippen LogP contribution in [-0.2, 0) is 4.74 Å². The molecule has 0 fully saturated rings. The number of ether oxygens (including phenoxy) is 1. The number of fused-ring (bicyclic) bond motifs is 1. The molecule has 1 aliphatic heterocycles. The fourth-order valence-corrected chi connectivity index (χ4v) is 3.63. The number of nitrogens with one attached hydrogen (secondary N) is 1. The zero-order valence-corrected chi connectivity index (χ0v) is 11.3. The quantitative estimate of drug-likeness (QED) is 0.802. The molecule has 3 rings (SSSR count). The first kappa shape index (κ1) is 10.8. The van der Waals surface area contributed by atoms with Gasteiger partial charge < -0.3 is 0 Å². The van der Waals surface area contributed by atoms with Gasteiger partial charge in [-0.15, -0.1) is 0 Å². The summed E-state index contributed by atoms with van der Waals surface area (Å²) in [5, 5.41) is 0.763. The molecule has 1 aromatic heterocycles. The monoisotopic (exact) mass is 296 g/mol. The van der Waals surface area contributed by atoms with Crippen molar-refractivity contribution in [3.8, 4) is 0 Å². The maximum absolute atomic E-state index is 11.6. The second kappa shape index (κ2) is 3.59. The Labute approximate surface area is 104 Å². The van der Waals surface area contributed by atoms with Gasteiger partial charge in [0.25, 0.3) is 0 Å². The van der Waals surface area contributed by atoms with Gasteiger partial charge in [-0.1, -0.05) is 0 Å². The molecule has 0 spiro atoms. The van der Waals surface area contributed by atoms with Crippen molar-refractivity contribution in [2.45, 2.75) is 19.4 Å². The number of H-pyrrole nitrogens is 1. The fraction of sp³-hybridized carbons (Fsp3) is 0.333. The summed E-state index contributed by atoms with van der Waals surface area (Å²) in [5.74, 6) is 0.672.